The van der Waals surface area contributed by atoms with Gasteiger partial charge < -0.3 is 14.9 Å². The zero-order chi connectivity index (χ0) is 17.1. The van der Waals surface area contributed by atoms with Gasteiger partial charge in [0.2, 0.25) is 0 Å². The number of carbonyl (C=O) groups excluding carboxylic acids is 1. The van der Waals surface area contributed by atoms with Gasteiger partial charge in [-0.2, -0.15) is 0 Å². The zero-order valence-electron chi connectivity index (χ0n) is 14.1. The largest absolute Gasteiger partial charge is 0.481 e. The maximum Gasteiger partial charge on any atom is 0.306 e. The smallest absolute Gasteiger partial charge is 0.306 e. The highest BCUT2D eigenvalue weighted by Gasteiger charge is 2.26. The Morgan fingerprint density at radius 1 is 1.08 bits per heavy atom. The molecule has 130 valence electrons. The van der Waals surface area contributed by atoms with Crippen LogP contribution in [0.25, 0.3) is 0 Å². The van der Waals surface area contributed by atoms with Crippen molar-refractivity contribution in [1.29, 1.82) is 0 Å². The first-order valence-corrected chi connectivity index (χ1v) is 8.77. The summed E-state index contributed by atoms with van der Waals surface area (Å²) in [5.41, 5.74) is 0.633. The van der Waals surface area contributed by atoms with Gasteiger partial charge in [-0.25, -0.2) is 4.98 Å². The topological polar surface area (TPSA) is 73.7 Å². The summed E-state index contributed by atoms with van der Waals surface area (Å²) in [6.07, 6.45) is 5.07. The van der Waals surface area contributed by atoms with Crippen LogP contribution in [-0.2, 0) is 4.79 Å². The van der Waals surface area contributed by atoms with Gasteiger partial charge in [0, 0.05) is 32.4 Å². The molecule has 6 nitrogen and oxygen atoms in total. The van der Waals surface area contributed by atoms with Crippen molar-refractivity contribution < 1.29 is 14.7 Å². The van der Waals surface area contributed by atoms with Gasteiger partial charge >= 0.3 is 5.97 Å². The molecule has 1 aromatic rings. The summed E-state index contributed by atoms with van der Waals surface area (Å²) < 4.78 is 0. The third-order valence-corrected chi connectivity index (χ3v) is 5.23. The van der Waals surface area contributed by atoms with Gasteiger partial charge in [-0.3, -0.25) is 9.59 Å². The highest BCUT2D eigenvalue weighted by atomic mass is 16.4. The second-order valence-corrected chi connectivity index (χ2v) is 6.98. The molecule has 2 saturated heterocycles. The quantitative estimate of drug-likeness (QED) is 0.919. The van der Waals surface area contributed by atoms with Crippen LogP contribution in [0.3, 0.4) is 0 Å². The molecule has 1 N–H and O–H groups in total. The van der Waals surface area contributed by atoms with Gasteiger partial charge in [0.25, 0.3) is 5.91 Å². The number of carboxylic acid groups (broad SMARTS) is 1. The zero-order valence-corrected chi connectivity index (χ0v) is 14.1. The standard InChI is InChI=1S/C18H25N3O3/c1-13-4-8-21(9-5-13)17(22)15-2-3-16(19-12-15)20-10-6-14(7-11-20)18(23)24/h2-3,12-14H,4-11H2,1H3,(H,23,24). The van der Waals surface area contributed by atoms with Crippen LogP contribution in [-0.4, -0.2) is 53.0 Å². The van der Waals surface area contributed by atoms with E-state index in [1.165, 1.54) is 0 Å². The Labute approximate surface area is 142 Å². The number of anilines is 1. The minimum atomic E-state index is -0.709. The number of hydrogen-bond donors (Lipinski definition) is 1. The van der Waals surface area contributed by atoms with E-state index in [1.54, 1.807) is 6.20 Å². The molecule has 0 unspecified atom stereocenters. The van der Waals surface area contributed by atoms with Gasteiger partial charge in [0.1, 0.15) is 5.82 Å². The molecule has 2 fully saturated rings. The minimum Gasteiger partial charge on any atom is -0.481 e. The average molecular weight is 331 g/mol. The number of carbonyl (C=O) groups is 2. The number of hydrogen-bond acceptors (Lipinski definition) is 4. The number of nitrogens with zero attached hydrogens (tertiary/aromatic N) is 3. The Balaban J connectivity index is 1.59. The highest BCUT2D eigenvalue weighted by molar-refractivity contribution is 5.94. The summed E-state index contributed by atoms with van der Waals surface area (Å²) in [7, 11) is 0. The number of likely N-dealkylation sites (tertiary alicyclic amines) is 1. The van der Waals surface area contributed by atoms with Crippen LogP contribution in [0.5, 0.6) is 0 Å². The van der Waals surface area contributed by atoms with Crippen LogP contribution in [0.1, 0.15) is 43.0 Å². The third-order valence-electron chi connectivity index (χ3n) is 5.23. The highest BCUT2D eigenvalue weighted by Crippen LogP contribution is 2.23. The number of piperidine rings is 2. The van der Waals surface area contributed by atoms with Crippen molar-refractivity contribution in [3.63, 3.8) is 0 Å². The molecule has 0 aliphatic carbocycles. The van der Waals surface area contributed by atoms with E-state index in [-0.39, 0.29) is 11.8 Å². The fourth-order valence-corrected chi connectivity index (χ4v) is 3.45. The van der Waals surface area contributed by atoms with Crippen LogP contribution >= 0.6 is 0 Å². The summed E-state index contributed by atoms with van der Waals surface area (Å²) in [6, 6.07) is 3.72. The van der Waals surface area contributed by atoms with E-state index in [4.69, 9.17) is 5.11 Å². The lowest BCUT2D eigenvalue weighted by Crippen LogP contribution is -2.38. The van der Waals surface area contributed by atoms with Crippen molar-refractivity contribution in [2.75, 3.05) is 31.1 Å². The first-order chi connectivity index (χ1) is 11.5. The molecule has 0 bridgehead atoms. The summed E-state index contributed by atoms with van der Waals surface area (Å²) in [5.74, 6) is 0.625. The molecule has 0 atom stereocenters. The van der Waals surface area contributed by atoms with Crippen molar-refractivity contribution in [3.8, 4) is 0 Å². The summed E-state index contributed by atoms with van der Waals surface area (Å²) >= 11 is 0. The predicted octanol–water partition coefficient (Wildman–Crippen LogP) is 2.25. The van der Waals surface area contributed by atoms with E-state index in [9.17, 15) is 9.59 Å². The van der Waals surface area contributed by atoms with E-state index >= 15 is 0 Å². The summed E-state index contributed by atoms with van der Waals surface area (Å²) in [4.78, 5) is 32.0. The van der Waals surface area contributed by atoms with Crippen LogP contribution in [0.2, 0.25) is 0 Å². The molecule has 0 spiro atoms. The summed E-state index contributed by atoms with van der Waals surface area (Å²) in [6.45, 7) is 5.27. The lowest BCUT2D eigenvalue weighted by atomic mass is 9.97. The Kier molecular flexibility index (Phi) is 5.02. The number of rotatable bonds is 3. The number of carboxylic acids is 1. The van der Waals surface area contributed by atoms with E-state index in [2.05, 4.69) is 16.8 Å². The molecule has 6 heteroatoms. The Bertz CT molecular complexity index is 586. The van der Waals surface area contributed by atoms with Crippen LogP contribution in [0.15, 0.2) is 18.3 Å². The lowest BCUT2D eigenvalue weighted by Gasteiger charge is -2.31. The van der Waals surface area contributed by atoms with E-state index in [1.807, 2.05) is 17.0 Å². The molecule has 24 heavy (non-hydrogen) atoms. The Morgan fingerprint density at radius 3 is 2.29 bits per heavy atom. The molecule has 0 aromatic carbocycles. The fraction of sp³-hybridized carbons (Fsp3) is 0.611. The van der Waals surface area contributed by atoms with E-state index < -0.39 is 5.97 Å². The predicted molar refractivity (Wildman–Crippen MR) is 91.1 cm³/mol. The molecule has 0 radical (unpaired) electrons. The van der Waals surface area contributed by atoms with Crippen molar-refractivity contribution >= 4 is 17.7 Å². The number of pyridine rings is 1. The summed E-state index contributed by atoms with van der Waals surface area (Å²) in [5, 5.41) is 9.06. The van der Waals surface area contributed by atoms with Crippen LogP contribution < -0.4 is 4.90 Å². The Hall–Kier alpha value is -2.11. The minimum absolute atomic E-state index is 0.0607. The molecule has 0 saturated carbocycles. The van der Waals surface area contributed by atoms with Crippen LogP contribution in [0, 0.1) is 11.8 Å². The number of aliphatic carboxylic acids is 1. The lowest BCUT2D eigenvalue weighted by molar-refractivity contribution is -0.142. The van der Waals surface area contributed by atoms with Gasteiger partial charge in [-0.1, -0.05) is 6.92 Å². The third kappa shape index (κ3) is 3.68. The van der Waals surface area contributed by atoms with E-state index in [0.717, 1.165) is 31.7 Å². The molecule has 3 heterocycles. The first kappa shape index (κ1) is 16.7. The maximum absolute atomic E-state index is 12.5. The molecule has 3 rings (SSSR count). The van der Waals surface area contributed by atoms with E-state index in [0.29, 0.717) is 37.4 Å². The number of aromatic nitrogens is 1. The average Bonchev–Trinajstić information content (AvgIpc) is 2.62. The number of amides is 1. The van der Waals surface area contributed by atoms with Crippen molar-refractivity contribution in [2.45, 2.75) is 32.6 Å². The van der Waals surface area contributed by atoms with Gasteiger partial charge in [0.15, 0.2) is 0 Å². The normalized spacial score (nSPS) is 20.2. The van der Waals surface area contributed by atoms with Gasteiger partial charge in [0.05, 0.1) is 11.5 Å². The molecule has 2 aliphatic rings. The monoisotopic (exact) mass is 331 g/mol. The second kappa shape index (κ2) is 7.20. The van der Waals surface area contributed by atoms with Gasteiger partial charge in [-0.15, -0.1) is 0 Å². The molecule has 1 aromatic heterocycles. The first-order valence-electron chi connectivity index (χ1n) is 8.77. The molecular weight excluding hydrogens is 306 g/mol. The molecular formula is C18H25N3O3. The van der Waals surface area contributed by atoms with Crippen LogP contribution in [0.4, 0.5) is 5.82 Å². The molecule has 1 amide bonds. The maximum atomic E-state index is 12.5. The fourth-order valence-electron chi connectivity index (χ4n) is 3.45. The molecule has 2 aliphatic heterocycles. The Morgan fingerprint density at radius 2 is 1.75 bits per heavy atom. The SMILES string of the molecule is CC1CCN(C(=O)c2ccc(N3CCC(C(=O)O)CC3)nc2)CC1. The van der Waals surface area contributed by atoms with Crippen molar-refractivity contribution in [3.05, 3.63) is 23.9 Å². The second-order valence-electron chi connectivity index (χ2n) is 6.98. The van der Waals surface area contributed by atoms with Crippen molar-refractivity contribution in [1.82, 2.24) is 9.88 Å². The van der Waals surface area contributed by atoms with Gasteiger partial charge in [-0.05, 0) is 43.7 Å². The van der Waals surface area contributed by atoms with Crippen molar-refractivity contribution in [2.24, 2.45) is 11.8 Å².